The van der Waals surface area contributed by atoms with Crippen LogP contribution in [0.15, 0.2) is 24.4 Å². The highest BCUT2D eigenvalue weighted by Crippen LogP contribution is 2.62. The zero-order valence-electron chi connectivity index (χ0n) is 16.1. The van der Waals surface area contributed by atoms with Crippen LogP contribution in [-0.4, -0.2) is 52.7 Å². The van der Waals surface area contributed by atoms with E-state index in [4.69, 9.17) is 0 Å². The van der Waals surface area contributed by atoms with Crippen molar-refractivity contribution in [1.82, 2.24) is 9.88 Å². The molecule has 1 aliphatic heterocycles. The smallest absolute Gasteiger partial charge is 0.223 e. The number of pyridine rings is 1. The van der Waals surface area contributed by atoms with Gasteiger partial charge in [-0.2, -0.15) is 0 Å². The molecule has 1 saturated heterocycles. The number of nitrogens with zero attached hydrogens (tertiary/aromatic N) is 3. The first-order chi connectivity index (χ1) is 13.0. The van der Waals surface area contributed by atoms with Crippen molar-refractivity contribution in [3.8, 4) is 0 Å². The highest BCUT2D eigenvalue weighted by atomic mass is 16.3. The summed E-state index contributed by atoms with van der Waals surface area (Å²) in [6, 6.07) is 6.01. The molecule has 5 nitrogen and oxygen atoms in total. The standard InChI is InChI=1S/C22H31N3O2/c26-20(15-21-11-17-10-18(12-21)14-22(27,13-17)16-21)25-7-3-6-24(8-9-25)19-4-1-2-5-23-19/h1-2,4-5,17-18,27H,3,6-16H2/t17-,18+,21?,22?. The Bertz CT molecular complexity index is 693. The van der Waals surface area contributed by atoms with Crippen molar-refractivity contribution >= 4 is 11.7 Å². The molecule has 5 aliphatic rings. The lowest BCUT2D eigenvalue weighted by Crippen LogP contribution is -2.56. The fraction of sp³-hybridized carbons (Fsp3) is 0.727. The van der Waals surface area contributed by atoms with Crippen molar-refractivity contribution in [3.63, 3.8) is 0 Å². The molecule has 5 heteroatoms. The number of aliphatic hydroxyl groups is 1. The van der Waals surface area contributed by atoms with E-state index in [1.165, 1.54) is 6.42 Å². The van der Waals surface area contributed by atoms with Crippen LogP contribution < -0.4 is 4.90 Å². The highest BCUT2D eigenvalue weighted by Gasteiger charge is 2.57. The Morgan fingerprint density at radius 2 is 1.93 bits per heavy atom. The summed E-state index contributed by atoms with van der Waals surface area (Å²) in [5, 5.41) is 11.0. The van der Waals surface area contributed by atoms with Crippen molar-refractivity contribution in [1.29, 1.82) is 0 Å². The zero-order valence-corrected chi connectivity index (χ0v) is 16.1. The van der Waals surface area contributed by atoms with Crippen LogP contribution in [-0.2, 0) is 4.79 Å². The molecule has 2 unspecified atom stereocenters. The van der Waals surface area contributed by atoms with Crippen molar-refractivity contribution in [2.75, 3.05) is 31.1 Å². The lowest BCUT2D eigenvalue weighted by Gasteiger charge is -2.60. The predicted molar refractivity (Wildman–Crippen MR) is 104 cm³/mol. The average molecular weight is 370 g/mol. The van der Waals surface area contributed by atoms with Gasteiger partial charge in [0.25, 0.3) is 0 Å². The molecule has 4 saturated carbocycles. The number of carbonyl (C=O) groups excluding carboxylic acids is 1. The zero-order chi connectivity index (χ0) is 18.5. The van der Waals surface area contributed by atoms with Crippen LogP contribution in [0.1, 0.15) is 51.4 Å². The first kappa shape index (κ1) is 17.5. The summed E-state index contributed by atoms with van der Waals surface area (Å²) >= 11 is 0. The van der Waals surface area contributed by atoms with Gasteiger partial charge in [0.2, 0.25) is 5.91 Å². The molecule has 27 heavy (non-hydrogen) atoms. The molecule has 1 aromatic heterocycles. The third-order valence-electron chi connectivity index (χ3n) is 7.50. The summed E-state index contributed by atoms with van der Waals surface area (Å²) in [4.78, 5) is 22.0. The summed E-state index contributed by atoms with van der Waals surface area (Å²) in [5.74, 6) is 2.61. The summed E-state index contributed by atoms with van der Waals surface area (Å²) in [5.41, 5.74) is -0.401. The maximum absolute atomic E-state index is 13.2. The van der Waals surface area contributed by atoms with Gasteiger partial charge in [-0.3, -0.25) is 4.79 Å². The molecule has 4 aliphatic carbocycles. The van der Waals surface area contributed by atoms with Gasteiger partial charge < -0.3 is 14.9 Å². The van der Waals surface area contributed by atoms with Gasteiger partial charge in [0.1, 0.15) is 5.82 Å². The fourth-order valence-electron chi connectivity index (χ4n) is 6.98. The topological polar surface area (TPSA) is 56.7 Å². The number of amides is 1. The summed E-state index contributed by atoms with van der Waals surface area (Å²) in [6.07, 6.45) is 9.87. The maximum atomic E-state index is 13.2. The number of aromatic nitrogens is 1. The molecule has 1 N–H and O–H groups in total. The van der Waals surface area contributed by atoms with Crippen molar-refractivity contribution in [2.24, 2.45) is 17.3 Å². The molecule has 1 aromatic rings. The van der Waals surface area contributed by atoms with Gasteiger partial charge in [0, 0.05) is 38.8 Å². The molecule has 146 valence electrons. The molecular formula is C22H31N3O2. The Hall–Kier alpha value is -1.62. The SMILES string of the molecule is O=C(CC12C[C@@H]3C[C@@H](CC(O)(C3)C1)C2)N1CCCN(c2ccccn2)CC1. The summed E-state index contributed by atoms with van der Waals surface area (Å²) in [7, 11) is 0. The Morgan fingerprint density at radius 3 is 2.63 bits per heavy atom. The minimum atomic E-state index is -0.473. The largest absolute Gasteiger partial charge is 0.390 e. The summed E-state index contributed by atoms with van der Waals surface area (Å²) in [6.45, 7) is 3.43. The van der Waals surface area contributed by atoms with E-state index in [0.29, 0.717) is 24.2 Å². The van der Waals surface area contributed by atoms with Gasteiger partial charge in [-0.15, -0.1) is 0 Å². The Labute approximate surface area is 161 Å². The van der Waals surface area contributed by atoms with Gasteiger partial charge in [-0.25, -0.2) is 4.98 Å². The molecule has 5 fully saturated rings. The minimum Gasteiger partial charge on any atom is -0.390 e. The van der Waals surface area contributed by atoms with E-state index in [1.54, 1.807) is 0 Å². The number of anilines is 1. The van der Waals surface area contributed by atoms with Crippen LogP contribution in [0.2, 0.25) is 0 Å². The third kappa shape index (κ3) is 3.35. The maximum Gasteiger partial charge on any atom is 0.223 e. The number of hydrogen-bond acceptors (Lipinski definition) is 4. The average Bonchev–Trinajstić information content (AvgIpc) is 2.86. The molecule has 4 bridgehead atoms. The summed E-state index contributed by atoms with van der Waals surface area (Å²) < 4.78 is 0. The van der Waals surface area contributed by atoms with Crippen molar-refractivity contribution in [3.05, 3.63) is 24.4 Å². The third-order valence-corrected chi connectivity index (χ3v) is 7.50. The number of carbonyl (C=O) groups is 1. The van der Waals surface area contributed by atoms with Crippen LogP contribution in [0.3, 0.4) is 0 Å². The van der Waals surface area contributed by atoms with Gasteiger partial charge in [-0.05, 0) is 74.3 Å². The second-order valence-corrected chi connectivity index (χ2v) is 9.77. The molecule has 4 atom stereocenters. The van der Waals surface area contributed by atoms with Crippen molar-refractivity contribution < 1.29 is 9.90 Å². The van der Waals surface area contributed by atoms with Crippen LogP contribution >= 0.6 is 0 Å². The van der Waals surface area contributed by atoms with Gasteiger partial charge in [0.05, 0.1) is 5.60 Å². The van der Waals surface area contributed by atoms with E-state index >= 15 is 0 Å². The molecule has 0 radical (unpaired) electrons. The minimum absolute atomic E-state index is 0.0723. The quantitative estimate of drug-likeness (QED) is 0.890. The van der Waals surface area contributed by atoms with Crippen LogP contribution in [0, 0.1) is 17.3 Å². The second-order valence-electron chi connectivity index (χ2n) is 9.77. The van der Waals surface area contributed by atoms with E-state index in [9.17, 15) is 9.90 Å². The lowest BCUT2D eigenvalue weighted by atomic mass is 9.47. The molecule has 6 rings (SSSR count). The van der Waals surface area contributed by atoms with E-state index < -0.39 is 5.60 Å². The van der Waals surface area contributed by atoms with Crippen LogP contribution in [0.5, 0.6) is 0 Å². The van der Waals surface area contributed by atoms with Gasteiger partial charge in [0.15, 0.2) is 0 Å². The van der Waals surface area contributed by atoms with Crippen LogP contribution in [0.4, 0.5) is 5.82 Å². The first-order valence-corrected chi connectivity index (χ1v) is 10.7. The Balaban J connectivity index is 1.24. The second kappa shape index (κ2) is 6.47. The Morgan fingerprint density at radius 1 is 1.11 bits per heavy atom. The molecule has 1 amide bonds. The van der Waals surface area contributed by atoms with Crippen LogP contribution in [0.25, 0.3) is 0 Å². The van der Waals surface area contributed by atoms with E-state index in [2.05, 4.69) is 14.8 Å². The van der Waals surface area contributed by atoms with Gasteiger partial charge >= 0.3 is 0 Å². The van der Waals surface area contributed by atoms with Crippen molar-refractivity contribution in [2.45, 2.75) is 57.0 Å². The molecule has 0 spiro atoms. The molecule has 0 aromatic carbocycles. The molecule has 2 heterocycles. The highest BCUT2D eigenvalue weighted by molar-refractivity contribution is 5.77. The predicted octanol–water partition coefficient (Wildman–Crippen LogP) is 2.84. The number of hydrogen-bond donors (Lipinski definition) is 1. The molecular weight excluding hydrogens is 338 g/mol. The van der Waals surface area contributed by atoms with Gasteiger partial charge in [-0.1, -0.05) is 6.07 Å². The fourth-order valence-corrected chi connectivity index (χ4v) is 6.98. The Kier molecular flexibility index (Phi) is 4.19. The van der Waals surface area contributed by atoms with E-state index in [1.807, 2.05) is 24.4 Å². The lowest BCUT2D eigenvalue weighted by molar-refractivity contribution is -0.172. The normalized spacial score (nSPS) is 38.1. The van der Waals surface area contributed by atoms with E-state index in [-0.39, 0.29) is 5.41 Å². The van der Waals surface area contributed by atoms with E-state index in [0.717, 1.165) is 70.5 Å². The first-order valence-electron chi connectivity index (χ1n) is 10.7. The number of rotatable bonds is 3. The monoisotopic (exact) mass is 369 g/mol.